The average molecular weight is 340 g/mol. The lowest BCUT2D eigenvalue weighted by atomic mass is 10.1. The second-order valence-corrected chi connectivity index (χ2v) is 6.28. The molecule has 2 atom stereocenters. The van der Waals surface area contributed by atoms with Crippen molar-refractivity contribution in [3.63, 3.8) is 0 Å². The molecule has 2 heterocycles. The van der Waals surface area contributed by atoms with Gasteiger partial charge in [0.05, 0.1) is 30.3 Å². The van der Waals surface area contributed by atoms with Crippen LogP contribution in [-0.4, -0.2) is 49.6 Å². The van der Waals surface area contributed by atoms with Gasteiger partial charge >= 0.3 is 0 Å². The summed E-state index contributed by atoms with van der Waals surface area (Å²) < 4.78 is 11.8. The maximum absolute atomic E-state index is 12.4. The van der Waals surface area contributed by atoms with Crippen LogP contribution < -0.4 is 4.74 Å². The maximum atomic E-state index is 12.4. The molecule has 0 aliphatic carbocycles. The molecule has 108 valence electrons. The zero-order valence-electron chi connectivity index (χ0n) is 11.5. The molecule has 3 rings (SSSR count). The number of fused-ring (bicyclic) bond motifs is 2. The van der Waals surface area contributed by atoms with Crippen molar-refractivity contribution in [3.8, 4) is 5.75 Å². The number of carbonyl (C=O) groups is 1. The van der Waals surface area contributed by atoms with Crippen LogP contribution in [0.25, 0.3) is 0 Å². The van der Waals surface area contributed by atoms with Gasteiger partial charge in [-0.15, -0.1) is 0 Å². The number of nitrogens with zero attached hydrogens (tertiary/aromatic N) is 1. The zero-order chi connectivity index (χ0) is 14.1. The minimum Gasteiger partial charge on any atom is -0.496 e. The molecular formula is C15H18BrNO3. The number of rotatable bonds is 4. The van der Waals surface area contributed by atoms with Crippen molar-refractivity contribution in [1.82, 2.24) is 4.90 Å². The fraction of sp³-hybridized carbons (Fsp3) is 0.533. The molecule has 2 saturated heterocycles. The molecule has 0 radical (unpaired) electrons. The van der Waals surface area contributed by atoms with Gasteiger partial charge in [0.1, 0.15) is 5.75 Å². The Kier molecular flexibility index (Phi) is 4.10. The van der Waals surface area contributed by atoms with Crippen LogP contribution in [0.4, 0.5) is 0 Å². The highest BCUT2D eigenvalue weighted by Gasteiger charge is 2.34. The Hall–Kier alpha value is -0.910. The van der Waals surface area contributed by atoms with Crippen molar-refractivity contribution >= 4 is 21.7 Å². The molecule has 0 N–H and O–H groups in total. The molecule has 0 saturated carbocycles. The van der Waals surface area contributed by atoms with E-state index in [2.05, 4.69) is 20.8 Å². The fourth-order valence-electron chi connectivity index (χ4n) is 2.96. The topological polar surface area (TPSA) is 38.8 Å². The zero-order valence-corrected chi connectivity index (χ0v) is 13.1. The van der Waals surface area contributed by atoms with E-state index in [1.807, 2.05) is 18.2 Å². The third-order valence-electron chi connectivity index (χ3n) is 3.96. The number of morpholine rings is 1. The average Bonchev–Trinajstić information content (AvgIpc) is 2.77. The molecule has 2 aliphatic rings. The Morgan fingerprint density at radius 1 is 1.40 bits per heavy atom. The molecule has 2 aliphatic heterocycles. The molecule has 2 fully saturated rings. The summed E-state index contributed by atoms with van der Waals surface area (Å²) in [4.78, 5) is 14.6. The summed E-state index contributed by atoms with van der Waals surface area (Å²) in [6.07, 6.45) is 2.90. The normalized spacial score (nSPS) is 25.7. The number of hydrogen-bond acceptors (Lipinski definition) is 4. The van der Waals surface area contributed by atoms with Crippen LogP contribution in [-0.2, 0) is 4.74 Å². The molecular weight excluding hydrogens is 322 g/mol. The van der Waals surface area contributed by atoms with E-state index in [4.69, 9.17) is 9.47 Å². The molecule has 1 aromatic carbocycles. The molecule has 0 amide bonds. The van der Waals surface area contributed by atoms with Gasteiger partial charge in [-0.3, -0.25) is 9.69 Å². The molecule has 4 nitrogen and oxygen atoms in total. The first kappa shape index (κ1) is 14.0. The standard InChI is InChI=1S/C15H18BrNO3/c1-19-15-5-2-10(6-13(15)16)14(18)9-17-7-11-3-4-12(8-17)20-11/h2,5-6,11-12H,3-4,7-9H2,1H3. The van der Waals surface area contributed by atoms with Crippen molar-refractivity contribution in [1.29, 1.82) is 0 Å². The number of hydrogen-bond donors (Lipinski definition) is 0. The number of Topliss-reactive ketones (excluding diaryl/α,β-unsaturated/α-hetero) is 1. The largest absolute Gasteiger partial charge is 0.496 e. The minimum atomic E-state index is 0.148. The number of carbonyl (C=O) groups excluding carboxylic acids is 1. The van der Waals surface area contributed by atoms with E-state index in [9.17, 15) is 4.79 Å². The van der Waals surface area contributed by atoms with Crippen LogP contribution in [0, 0.1) is 0 Å². The van der Waals surface area contributed by atoms with Crippen molar-refractivity contribution in [2.24, 2.45) is 0 Å². The molecule has 2 unspecified atom stereocenters. The summed E-state index contributed by atoms with van der Waals surface area (Å²) in [5.74, 6) is 0.889. The second kappa shape index (κ2) is 5.84. The summed E-state index contributed by atoms with van der Waals surface area (Å²) in [6.45, 7) is 2.22. The number of likely N-dealkylation sites (tertiary alicyclic amines) is 1. The highest BCUT2D eigenvalue weighted by atomic mass is 79.9. The number of methoxy groups -OCH3 is 1. The lowest BCUT2D eigenvalue weighted by molar-refractivity contribution is -0.0355. The van der Waals surface area contributed by atoms with Crippen LogP contribution >= 0.6 is 15.9 Å². The van der Waals surface area contributed by atoms with Crippen LogP contribution in [0.2, 0.25) is 0 Å². The predicted molar refractivity (Wildman–Crippen MR) is 79.4 cm³/mol. The Morgan fingerprint density at radius 2 is 2.10 bits per heavy atom. The van der Waals surface area contributed by atoms with Gasteiger partial charge in [-0.1, -0.05) is 0 Å². The van der Waals surface area contributed by atoms with Gasteiger partial charge in [-0.2, -0.15) is 0 Å². The fourth-order valence-corrected chi connectivity index (χ4v) is 3.50. The van der Waals surface area contributed by atoms with Gasteiger partial charge in [-0.05, 0) is 47.0 Å². The predicted octanol–water partition coefficient (Wildman–Crippen LogP) is 2.50. The van der Waals surface area contributed by atoms with Crippen molar-refractivity contribution < 1.29 is 14.3 Å². The Balaban J connectivity index is 1.65. The number of halogens is 1. The van der Waals surface area contributed by atoms with Crippen LogP contribution in [0.1, 0.15) is 23.2 Å². The van der Waals surface area contributed by atoms with E-state index in [1.165, 1.54) is 0 Å². The van der Waals surface area contributed by atoms with Crippen LogP contribution in [0.15, 0.2) is 22.7 Å². The SMILES string of the molecule is COc1ccc(C(=O)CN2CC3CCC(C2)O3)cc1Br. The highest BCUT2D eigenvalue weighted by Crippen LogP contribution is 2.28. The summed E-state index contributed by atoms with van der Waals surface area (Å²) in [5.41, 5.74) is 0.719. The van der Waals surface area contributed by atoms with Crippen molar-refractivity contribution in [3.05, 3.63) is 28.2 Å². The summed E-state index contributed by atoms with van der Waals surface area (Å²) in [5, 5.41) is 0. The molecule has 0 aromatic heterocycles. The summed E-state index contributed by atoms with van der Waals surface area (Å²) in [7, 11) is 1.62. The van der Waals surface area contributed by atoms with E-state index in [-0.39, 0.29) is 5.78 Å². The van der Waals surface area contributed by atoms with E-state index < -0.39 is 0 Å². The minimum absolute atomic E-state index is 0.148. The number of ether oxygens (including phenoxy) is 2. The van der Waals surface area contributed by atoms with E-state index in [0.717, 1.165) is 41.7 Å². The Labute approximate surface area is 127 Å². The second-order valence-electron chi connectivity index (χ2n) is 5.42. The number of benzene rings is 1. The van der Waals surface area contributed by atoms with Gasteiger partial charge in [0, 0.05) is 18.7 Å². The lowest BCUT2D eigenvalue weighted by Crippen LogP contribution is -2.44. The van der Waals surface area contributed by atoms with Gasteiger partial charge in [0.15, 0.2) is 5.78 Å². The first-order chi connectivity index (χ1) is 9.65. The van der Waals surface area contributed by atoms with Gasteiger partial charge in [0.25, 0.3) is 0 Å². The van der Waals surface area contributed by atoms with E-state index >= 15 is 0 Å². The molecule has 2 bridgehead atoms. The van der Waals surface area contributed by atoms with Crippen LogP contribution in [0.3, 0.4) is 0 Å². The van der Waals surface area contributed by atoms with E-state index in [1.54, 1.807) is 7.11 Å². The Morgan fingerprint density at radius 3 is 2.70 bits per heavy atom. The van der Waals surface area contributed by atoms with Gasteiger partial charge in [-0.25, -0.2) is 0 Å². The van der Waals surface area contributed by atoms with Gasteiger partial charge < -0.3 is 9.47 Å². The highest BCUT2D eigenvalue weighted by molar-refractivity contribution is 9.10. The summed E-state index contributed by atoms with van der Waals surface area (Å²) >= 11 is 3.42. The Bertz CT molecular complexity index is 508. The molecule has 0 spiro atoms. The van der Waals surface area contributed by atoms with Crippen molar-refractivity contribution in [2.45, 2.75) is 25.0 Å². The molecule has 5 heteroatoms. The van der Waals surface area contributed by atoms with E-state index in [0.29, 0.717) is 18.8 Å². The smallest absolute Gasteiger partial charge is 0.176 e. The molecule has 20 heavy (non-hydrogen) atoms. The first-order valence-corrected chi connectivity index (χ1v) is 7.69. The number of ketones is 1. The quantitative estimate of drug-likeness (QED) is 0.790. The van der Waals surface area contributed by atoms with Crippen molar-refractivity contribution in [2.75, 3.05) is 26.7 Å². The molecule has 1 aromatic rings. The summed E-state index contributed by atoms with van der Waals surface area (Å²) in [6, 6.07) is 5.47. The lowest BCUT2D eigenvalue weighted by Gasteiger charge is -2.31. The first-order valence-electron chi connectivity index (χ1n) is 6.90. The van der Waals surface area contributed by atoms with Gasteiger partial charge in [0.2, 0.25) is 0 Å². The third-order valence-corrected chi connectivity index (χ3v) is 4.58. The monoisotopic (exact) mass is 339 g/mol. The third kappa shape index (κ3) is 2.90. The van der Waals surface area contributed by atoms with Crippen LogP contribution in [0.5, 0.6) is 5.75 Å². The maximum Gasteiger partial charge on any atom is 0.176 e.